The Morgan fingerprint density at radius 2 is 1.96 bits per heavy atom. The molecule has 3 heterocycles. The van der Waals surface area contributed by atoms with Crippen molar-refractivity contribution in [2.45, 2.75) is 51.9 Å². The second kappa shape index (κ2) is 5.83. The molecule has 0 amide bonds. The van der Waals surface area contributed by atoms with Gasteiger partial charge in [-0.3, -0.25) is 5.10 Å². The molecular weight excluding hydrogens is 288 g/mol. The molecule has 1 saturated heterocycles. The zero-order chi connectivity index (χ0) is 15.8. The van der Waals surface area contributed by atoms with E-state index in [1.807, 2.05) is 0 Å². The number of hydrogen-bond acceptors (Lipinski definition) is 5. The van der Waals surface area contributed by atoms with E-state index in [1.54, 1.807) is 0 Å². The molecule has 1 fully saturated rings. The highest BCUT2D eigenvalue weighted by molar-refractivity contribution is 5.60. The van der Waals surface area contributed by atoms with Crippen LogP contribution < -0.4 is 10.2 Å². The van der Waals surface area contributed by atoms with Crippen LogP contribution in [-0.2, 0) is 12.8 Å². The number of aromatic amines is 1. The molecule has 6 nitrogen and oxygen atoms in total. The molecule has 2 N–H and O–H groups in total. The molecule has 0 bridgehead atoms. The topological polar surface area (TPSA) is 69.7 Å². The largest absolute Gasteiger partial charge is 0.341 e. The van der Waals surface area contributed by atoms with Crippen molar-refractivity contribution in [2.75, 3.05) is 23.3 Å². The molecule has 2 aromatic heterocycles. The van der Waals surface area contributed by atoms with Gasteiger partial charge in [0.2, 0.25) is 5.95 Å². The SMILES string of the molecule is CC(C)c1cc(Nc2nc(N3CCCC3)nc3c2CCC3)n[nH]1. The van der Waals surface area contributed by atoms with E-state index in [2.05, 4.69) is 40.3 Å². The number of hydrogen-bond donors (Lipinski definition) is 2. The standard InChI is InChI=1S/C17H24N6/c1-11(2)14-10-15(22-21-14)19-16-12-6-5-7-13(12)18-17(20-16)23-8-3-4-9-23/h10-11H,3-9H2,1-2H3,(H2,18,19,20,21,22). The van der Waals surface area contributed by atoms with Crippen molar-refractivity contribution in [1.82, 2.24) is 20.2 Å². The molecular formula is C17H24N6. The summed E-state index contributed by atoms with van der Waals surface area (Å²) >= 11 is 0. The van der Waals surface area contributed by atoms with Gasteiger partial charge in [0.25, 0.3) is 0 Å². The van der Waals surface area contributed by atoms with Gasteiger partial charge in [0, 0.05) is 30.4 Å². The third-order valence-electron chi connectivity index (χ3n) is 4.78. The molecule has 0 saturated carbocycles. The van der Waals surface area contributed by atoms with Crippen molar-refractivity contribution in [3.8, 4) is 0 Å². The summed E-state index contributed by atoms with van der Waals surface area (Å²) in [6, 6.07) is 2.07. The molecule has 0 atom stereocenters. The van der Waals surface area contributed by atoms with E-state index < -0.39 is 0 Å². The van der Waals surface area contributed by atoms with Gasteiger partial charge in [-0.15, -0.1) is 0 Å². The number of rotatable bonds is 4. The summed E-state index contributed by atoms with van der Waals surface area (Å²) < 4.78 is 0. The normalized spacial score (nSPS) is 17.1. The Balaban J connectivity index is 1.66. The van der Waals surface area contributed by atoms with E-state index in [0.29, 0.717) is 5.92 Å². The molecule has 0 radical (unpaired) electrons. The molecule has 2 aliphatic rings. The van der Waals surface area contributed by atoms with Gasteiger partial charge >= 0.3 is 0 Å². The van der Waals surface area contributed by atoms with Crippen LogP contribution in [-0.4, -0.2) is 33.3 Å². The smallest absolute Gasteiger partial charge is 0.227 e. The minimum absolute atomic E-state index is 0.439. The zero-order valence-corrected chi connectivity index (χ0v) is 13.9. The van der Waals surface area contributed by atoms with Crippen molar-refractivity contribution in [3.05, 3.63) is 23.0 Å². The van der Waals surface area contributed by atoms with Gasteiger partial charge in [-0.1, -0.05) is 13.8 Å². The van der Waals surface area contributed by atoms with Gasteiger partial charge in [0.05, 0.1) is 5.69 Å². The van der Waals surface area contributed by atoms with Crippen LogP contribution in [0.15, 0.2) is 6.07 Å². The molecule has 0 unspecified atom stereocenters. The molecule has 1 aliphatic carbocycles. The van der Waals surface area contributed by atoms with E-state index >= 15 is 0 Å². The summed E-state index contributed by atoms with van der Waals surface area (Å²) in [5.74, 6) is 3.10. The third-order valence-corrected chi connectivity index (χ3v) is 4.78. The van der Waals surface area contributed by atoms with Crippen LogP contribution in [0.1, 0.15) is 56.0 Å². The van der Waals surface area contributed by atoms with Crippen LogP contribution in [0, 0.1) is 0 Å². The van der Waals surface area contributed by atoms with Crippen LogP contribution in [0.25, 0.3) is 0 Å². The second-order valence-electron chi connectivity index (χ2n) is 6.83. The summed E-state index contributed by atoms with van der Waals surface area (Å²) in [4.78, 5) is 11.9. The Morgan fingerprint density at radius 1 is 1.13 bits per heavy atom. The maximum atomic E-state index is 4.83. The average molecular weight is 312 g/mol. The van der Waals surface area contributed by atoms with E-state index in [9.17, 15) is 0 Å². The highest BCUT2D eigenvalue weighted by Crippen LogP contribution is 2.31. The summed E-state index contributed by atoms with van der Waals surface area (Å²) in [6.45, 7) is 6.45. The maximum Gasteiger partial charge on any atom is 0.227 e. The molecule has 1 aliphatic heterocycles. The van der Waals surface area contributed by atoms with Crippen LogP contribution >= 0.6 is 0 Å². The molecule has 0 spiro atoms. The van der Waals surface area contributed by atoms with E-state index in [0.717, 1.165) is 49.2 Å². The van der Waals surface area contributed by atoms with Crippen molar-refractivity contribution in [3.63, 3.8) is 0 Å². The highest BCUT2D eigenvalue weighted by atomic mass is 15.3. The number of aromatic nitrogens is 4. The molecule has 6 heteroatoms. The molecule has 4 rings (SSSR count). The van der Waals surface area contributed by atoms with E-state index in [-0.39, 0.29) is 0 Å². The maximum absolute atomic E-state index is 4.83. The van der Waals surface area contributed by atoms with Gasteiger partial charge in [0.15, 0.2) is 5.82 Å². The minimum Gasteiger partial charge on any atom is -0.341 e. The summed E-state index contributed by atoms with van der Waals surface area (Å²) in [5, 5.41) is 10.9. The first-order valence-corrected chi connectivity index (χ1v) is 8.68. The highest BCUT2D eigenvalue weighted by Gasteiger charge is 2.23. The van der Waals surface area contributed by atoms with Crippen LogP contribution in [0.2, 0.25) is 0 Å². The van der Waals surface area contributed by atoms with Gasteiger partial charge in [-0.05, 0) is 38.0 Å². The minimum atomic E-state index is 0.439. The number of H-pyrrole nitrogens is 1. The van der Waals surface area contributed by atoms with Crippen molar-refractivity contribution in [1.29, 1.82) is 0 Å². The van der Waals surface area contributed by atoms with Crippen LogP contribution in [0.5, 0.6) is 0 Å². The number of nitrogens with zero attached hydrogens (tertiary/aromatic N) is 4. The number of aryl methyl sites for hydroxylation is 1. The fraction of sp³-hybridized carbons (Fsp3) is 0.588. The fourth-order valence-electron chi connectivity index (χ4n) is 3.40. The molecule has 2 aromatic rings. The van der Waals surface area contributed by atoms with E-state index in [4.69, 9.17) is 9.97 Å². The predicted molar refractivity (Wildman–Crippen MR) is 91.5 cm³/mol. The molecule has 23 heavy (non-hydrogen) atoms. The quantitative estimate of drug-likeness (QED) is 0.907. The van der Waals surface area contributed by atoms with E-state index in [1.165, 1.54) is 30.5 Å². The predicted octanol–water partition coefficient (Wildman–Crippen LogP) is 3.16. The van der Waals surface area contributed by atoms with Crippen molar-refractivity contribution >= 4 is 17.6 Å². The molecule has 122 valence electrons. The lowest BCUT2D eigenvalue weighted by atomic mass is 10.1. The summed E-state index contributed by atoms with van der Waals surface area (Å²) in [5.41, 5.74) is 3.61. The lowest BCUT2D eigenvalue weighted by molar-refractivity contribution is 0.811. The van der Waals surface area contributed by atoms with Crippen molar-refractivity contribution < 1.29 is 0 Å². The van der Waals surface area contributed by atoms with Gasteiger partial charge in [0.1, 0.15) is 5.82 Å². The van der Waals surface area contributed by atoms with Gasteiger partial charge in [-0.25, -0.2) is 4.98 Å². The Hall–Kier alpha value is -2.11. The first kappa shape index (κ1) is 14.5. The summed E-state index contributed by atoms with van der Waals surface area (Å²) in [6.07, 6.45) is 5.76. The Morgan fingerprint density at radius 3 is 2.70 bits per heavy atom. The number of nitrogens with one attached hydrogen (secondary N) is 2. The average Bonchev–Trinajstić information content (AvgIpc) is 3.28. The van der Waals surface area contributed by atoms with Crippen LogP contribution in [0.3, 0.4) is 0 Å². The summed E-state index contributed by atoms with van der Waals surface area (Å²) in [7, 11) is 0. The third kappa shape index (κ3) is 2.78. The Labute approximate surface area is 136 Å². The second-order valence-corrected chi connectivity index (χ2v) is 6.83. The lowest BCUT2D eigenvalue weighted by Gasteiger charge is -2.18. The Kier molecular flexibility index (Phi) is 3.67. The van der Waals surface area contributed by atoms with Crippen molar-refractivity contribution in [2.24, 2.45) is 0 Å². The van der Waals surface area contributed by atoms with Crippen LogP contribution in [0.4, 0.5) is 17.6 Å². The first-order chi connectivity index (χ1) is 11.2. The van der Waals surface area contributed by atoms with Gasteiger partial charge in [-0.2, -0.15) is 10.1 Å². The lowest BCUT2D eigenvalue weighted by Crippen LogP contribution is -2.21. The Bertz CT molecular complexity index is 699. The fourth-order valence-corrected chi connectivity index (χ4v) is 3.40. The molecule has 0 aromatic carbocycles. The number of fused-ring (bicyclic) bond motifs is 1. The zero-order valence-electron chi connectivity index (χ0n) is 13.9. The van der Waals surface area contributed by atoms with Gasteiger partial charge < -0.3 is 10.2 Å². The first-order valence-electron chi connectivity index (χ1n) is 8.68. The monoisotopic (exact) mass is 312 g/mol. The number of anilines is 3.